The van der Waals surface area contributed by atoms with E-state index in [2.05, 4.69) is 32.9 Å². The average Bonchev–Trinajstić information content (AvgIpc) is 3.46. The highest BCUT2D eigenvalue weighted by Gasteiger charge is 2.48. The van der Waals surface area contributed by atoms with Gasteiger partial charge in [-0.3, -0.25) is 25.0 Å². The minimum absolute atomic E-state index is 0.000254. The Kier molecular flexibility index (Phi) is 9.80. The lowest BCUT2D eigenvalue weighted by molar-refractivity contribution is -0.346. The van der Waals surface area contributed by atoms with E-state index in [0.29, 0.717) is 51.5 Å². The van der Waals surface area contributed by atoms with Gasteiger partial charge in [-0.15, -0.1) is 36.5 Å². The number of amides is 2. The maximum absolute atomic E-state index is 13.6. The number of ether oxygens (including phenoxy) is 2. The molecule has 9 nitrogen and oxygen atoms in total. The summed E-state index contributed by atoms with van der Waals surface area (Å²) in [5, 5.41) is 13.5. The molecule has 4 N–H and O–H groups in total. The van der Waals surface area contributed by atoms with E-state index >= 15 is 0 Å². The van der Waals surface area contributed by atoms with Crippen molar-refractivity contribution < 1.29 is 32.2 Å². The fraction of sp³-hybridized carbons (Fsp3) is 0.923. The minimum Gasteiger partial charge on any atom is -0.380 e. The summed E-state index contributed by atoms with van der Waals surface area (Å²) in [6.45, 7) is 4.40. The number of carbonyl (C=O) groups excluding carboxylic acids is 2. The van der Waals surface area contributed by atoms with E-state index in [9.17, 15) is 22.8 Å². The Morgan fingerprint density at radius 1 is 1.07 bits per heavy atom. The fourth-order valence-corrected chi connectivity index (χ4v) is 9.07. The Hall–Kier alpha value is -0.830. The van der Waals surface area contributed by atoms with Crippen molar-refractivity contribution in [3.05, 3.63) is 0 Å². The summed E-state index contributed by atoms with van der Waals surface area (Å²) in [6, 6.07) is 0.321. The number of hydrogen-bond donors (Lipinski definition) is 4. The molecule has 5 fully saturated rings. The number of halogens is 4. The molecule has 4 aliphatic heterocycles. The number of alkyl halides is 4. The standard InChI is InChI=1S/C26H41ClF3N5O4S/c1-13-6-16(17-8-22(27)32-10-20(17)38-2)18(9-31-13)23(36)34-25-33-19-11-35(12-21(19)40-25)24(37)14-4-3-5-15(7-14)39-26(28,29)30/h13-22,25,31-33H,3-12H2,1-2H3,(H,34,36). The van der Waals surface area contributed by atoms with Crippen LogP contribution in [-0.2, 0) is 19.1 Å². The number of fused-ring (bicyclic) bond motifs is 1. The van der Waals surface area contributed by atoms with Gasteiger partial charge < -0.3 is 20.3 Å². The van der Waals surface area contributed by atoms with E-state index in [0.717, 1.165) is 12.8 Å². The lowest BCUT2D eigenvalue weighted by atomic mass is 9.70. The summed E-state index contributed by atoms with van der Waals surface area (Å²) < 4.78 is 48.0. The van der Waals surface area contributed by atoms with E-state index in [4.69, 9.17) is 16.3 Å². The zero-order valence-corrected chi connectivity index (χ0v) is 24.5. The first-order chi connectivity index (χ1) is 19.0. The summed E-state index contributed by atoms with van der Waals surface area (Å²) in [6.07, 6.45) is -2.47. The second-order valence-electron chi connectivity index (χ2n) is 12.0. The molecular formula is C26H41ClF3N5O4S. The SMILES string of the molecule is COC1CNC(Cl)CC1C1CC(C)NCC1C(=O)NC1NC2CN(C(=O)C3CCCC(OC(F)(F)F)C3)CC2S1. The van der Waals surface area contributed by atoms with Crippen molar-refractivity contribution in [1.29, 1.82) is 0 Å². The van der Waals surface area contributed by atoms with Crippen LogP contribution in [-0.4, -0.2) is 96.9 Å². The van der Waals surface area contributed by atoms with Crippen LogP contribution in [0.1, 0.15) is 45.4 Å². The molecular weight excluding hydrogens is 571 g/mol. The molecule has 1 saturated carbocycles. The molecule has 0 aromatic rings. The zero-order chi connectivity index (χ0) is 28.6. The van der Waals surface area contributed by atoms with E-state index < -0.39 is 18.4 Å². The summed E-state index contributed by atoms with van der Waals surface area (Å²) >= 11 is 8.06. The number of thioether (sulfide) groups is 1. The number of carbonyl (C=O) groups is 2. The largest absolute Gasteiger partial charge is 0.522 e. The summed E-state index contributed by atoms with van der Waals surface area (Å²) in [5.74, 6) is -0.427. The highest BCUT2D eigenvalue weighted by molar-refractivity contribution is 8.00. The predicted molar refractivity (Wildman–Crippen MR) is 145 cm³/mol. The monoisotopic (exact) mass is 611 g/mol. The average molecular weight is 612 g/mol. The van der Waals surface area contributed by atoms with E-state index in [-0.39, 0.29) is 64.4 Å². The van der Waals surface area contributed by atoms with Crippen LogP contribution in [0.25, 0.3) is 0 Å². The van der Waals surface area contributed by atoms with Crippen LogP contribution >= 0.6 is 23.4 Å². The smallest absolute Gasteiger partial charge is 0.380 e. The molecule has 0 aromatic carbocycles. The molecule has 5 aliphatic rings. The van der Waals surface area contributed by atoms with Crippen molar-refractivity contribution in [3.63, 3.8) is 0 Å². The molecule has 0 bridgehead atoms. The third-order valence-electron chi connectivity index (χ3n) is 9.32. The van der Waals surface area contributed by atoms with Gasteiger partial charge >= 0.3 is 6.36 Å². The summed E-state index contributed by atoms with van der Waals surface area (Å²) in [4.78, 5) is 28.5. The molecule has 11 unspecified atom stereocenters. The second kappa shape index (κ2) is 12.8. The van der Waals surface area contributed by atoms with Crippen LogP contribution in [0.4, 0.5) is 13.2 Å². The van der Waals surface area contributed by atoms with Crippen molar-refractivity contribution >= 4 is 35.2 Å². The number of rotatable bonds is 6. The van der Waals surface area contributed by atoms with Crippen molar-refractivity contribution in [2.45, 2.75) is 92.4 Å². The fourth-order valence-electron chi connectivity index (χ4n) is 7.37. The predicted octanol–water partition coefficient (Wildman–Crippen LogP) is 2.20. The molecule has 5 rings (SSSR count). The number of piperidine rings is 2. The lowest BCUT2D eigenvalue weighted by Gasteiger charge is -2.45. The topological polar surface area (TPSA) is 104 Å². The molecule has 0 radical (unpaired) electrons. The number of likely N-dealkylation sites (tertiary alicyclic amines) is 1. The van der Waals surface area contributed by atoms with Gasteiger partial charge in [0.2, 0.25) is 11.8 Å². The van der Waals surface area contributed by atoms with Crippen LogP contribution in [0.15, 0.2) is 0 Å². The van der Waals surface area contributed by atoms with Crippen LogP contribution in [0.2, 0.25) is 0 Å². The van der Waals surface area contributed by atoms with Gasteiger partial charge in [0.05, 0.1) is 23.6 Å². The number of methoxy groups -OCH3 is 1. The molecule has 228 valence electrons. The van der Waals surface area contributed by atoms with Crippen molar-refractivity contribution in [2.75, 3.05) is 33.3 Å². The molecule has 14 heteroatoms. The number of nitrogens with one attached hydrogen (secondary N) is 4. The Morgan fingerprint density at radius 3 is 2.60 bits per heavy atom. The van der Waals surface area contributed by atoms with Crippen molar-refractivity contribution in [3.8, 4) is 0 Å². The molecule has 11 atom stereocenters. The molecule has 0 aromatic heterocycles. The van der Waals surface area contributed by atoms with Gasteiger partial charge in [0.1, 0.15) is 5.50 Å². The zero-order valence-electron chi connectivity index (χ0n) is 22.9. The van der Waals surface area contributed by atoms with Gasteiger partial charge in [-0.05, 0) is 50.9 Å². The summed E-state index contributed by atoms with van der Waals surface area (Å²) in [5.41, 5.74) is -0.398. The van der Waals surface area contributed by atoms with E-state index in [1.807, 2.05) is 0 Å². The molecule has 1 aliphatic carbocycles. The third-order valence-corrected chi connectivity index (χ3v) is 11.0. The number of hydrogen-bond acceptors (Lipinski definition) is 8. The molecule has 4 heterocycles. The Morgan fingerprint density at radius 2 is 1.88 bits per heavy atom. The first-order valence-electron chi connectivity index (χ1n) is 14.4. The normalized spacial score (nSPS) is 42.5. The number of nitrogens with zero attached hydrogens (tertiary/aromatic N) is 1. The lowest BCUT2D eigenvalue weighted by Crippen LogP contribution is -2.57. The van der Waals surface area contributed by atoms with E-state index in [1.165, 1.54) is 0 Å². The third kappa shape index (κ3) is 7.20. The Bertz CT molecular complexity index is 908. The van der Waals surface area contributed by atoms with Gasteiger partial charge in [-0.1, -0.05) is 6.42 Å². The Balaban J connectivity index is 1.13. The maximum Gasteiger partial charge on any atom is 0.522 e. The minimum atomic E-state index is -4.68. The van der Waals surface area contributed by atoms with Crippen LogP contribution < -0.4 is 21.3 Å². The van der Waals surface area contributed by atoms with Crippen LogP contribution in [0.3, 0.4) is 0 Å². The summed E-state index contributed by atoms with van der Waals surface area (Å²) in [7, 11) is 1.71. The van der Waals surface area contributed by atoms with Crippen molar-refractivity contribution in [1.82, 2.24) is 26.2 Å². The van der Waals surface area contributed by atoms with Crippen molar-refractivity contribution in [2.24, 2.45) is 23.7 Å². The highest BCUT2D eigenvalue weighted by atomic mass is 35.5. The molecule has 4 saturated heterocycles. The van der Waals surface area contributed by atoms with E-state index in [1.54, 1.807) is 23.8 Å². The molecule has 2 amide bonds. The van der Waals surface area contributed by atoms with Gasteiger partial charge in [0, 0.05) is 56.5 Å². The second-order valence-corrected chi connectivity index (χ2v) is 13.9. The van der Waals surface area contributed by atoms with Crippen LogP contribution in [0, 0.1) is 23.7 Å². The van der Waals surface area contributed by atoms with Gasteiger partial charge in [0.25, 0.3) is 0 Å². The quantitative estimate of drug-likeness (QED) is 0.268. The molecule has 0 spiro atoms. The highest BCUT2D eigenvalue weighted by Crippen LogP contribution is 2.39. The van der Waals surface area contributed by atoms with Gasteiger partial charge in [-0.25, -0.2) is 0 Å². The van der Waals surface area contributed by atoms with Gasteiger partial charge in [-0.2, -0.15) is 0 Å². The van der Waals surface area contributed by atoms with Crippen LogP contribution in [0.5, 0.6) is 0 Å². The first kappa shape index (κ1) is 30.6. The van der Waals surface area contributed by atoms with Gasteiger partial charge in [0.15, 0.2) is 0 Å². The maximum atomic E-state index is 13.6. The Labute approximate surface area is 242 Å². The molecule has 40 heavy (non-hydrogen) atoms. The first-order valence-corrected chi connectivity index (χ1v) is 15.8.